The Morgan fingerprint density at radius 1 is 1.17 bits per heavy atom. The maximum Gasteiger partial charge on any atom is 0.123 e. The zero-order valence-corrected chi connectivity index (χ0v) is 12.0. The quantitative estimate of drug-likeness (QED) is 0.783. The molecule has 0 bridgehead atoms. The number of benzene rings is 1. The first kappa shape index (κ1) is 15.1. The van der Waals surface area contributed by atoms with Crippen molar-refractivity contribution in [1.29, 1.82) is 0 Å². The number of hydrogen-bond acceptors (Lipinski definition) is 2. The maximum absolute atomic E-state index is 12.8. The largest absolute Gasteiger partial charge is 0.312 e. The number of halogens is 1. The predicted molar refractivity (Wildman–Crippen MR) is 75.1 cm³/mol. The molecule has 0 radical (unpaired) electrons. The fourth-order valence-electron chi connectivity index (χ4n) is 1.79. The molecule has 102 valence electrons. The highest BCUT2D eigenvalue weighted by atomic mass is 19.1. The van der Waals surface area contributed by atoms with Crippen molar-refractivity contribution in [3.05, 3.63) is 35.6 Å². The van der Waals surface area contributed by atoms with E-state index in [0.29, 0.717) is 0 Å². The maximum atomic E-state index is 12.8. The van der Waals surface area contributed by atoms with Crippen LogP contribution in [0.1, 0.15) is 32.8 Å². The molecular weight excluding hydrogens is 227 g/mol. The monoisotopic (exact) mass is 252 g/mol. The lowest BCUT2D eigenvalue weighted by Crippen LogP contribution is -2.37. The summed E-state index contributed by atoms with van der Waals surface area (Å²) in [5.41, 5.74) is 1.35. The molecule has 1 N–H and O–H groups in total. The van der Waals surface area contributed by atoms with Gasteiger partial charge < -0.3 is 10.2 Å². The Morgan fingerprint density at radius 2 is 1.78 bits per heavy atom. The van der Waals surface area contributed by atoms with E-state index in [4.69, 9.17) is 0 Å². The van der Waals surface area contributed by atoms with E-state index in [1.54, 1.807) is 0 Å². The van der Waals surface area contributed by atoms with Gasteiger partial charge in [-0.05, 0) is 65.0 Å². The van der Waals surface area contributed by atoms with E-state index in [2.05, 4.69) is 38.0 Å². The first-order valence-corrected chi connectivity index (χ1v) is 6.55. The molecule has 3 heteroatoms. The van der Waals surface area contributed by atoms with Crippen LogP contribution in [0.15, 0.2) is 24.3 Å². The molecule has 0 heterocycles. The highest BCUT2D eigenvalue weighted by Gasteiger charge is 2.07. The van der Waals surface area contributed by atoms with Gasteiger partial charge in [-0.2, -0.15) is 0 Å². The minimum atomic E-state index is -0.171. The third-order valence-corrected chi connectivity index (χ3v) is 2.74. The summed E-state index contributed by atoms with van der Waals surface area (Å²) in [5, 5.41) is 3.47. The summed E-state index contributed by atoms with van der Waals surface area (Å²) >= 11 is 0. The van der Waals surface area contributed by atoms with Crippen molar-refractivity contribution >= 4 is 0 Å². The molecule has 2 nitrogen and oxygen atoms in total. The van der Waals surface area contributed by atoms with E-state index >= 15 is 0 Å². The molecule has 0 unspecified atom stereocenters. The molecule has 0 aliphatic rings. The molecule has 0 aromatic heterocycles. The molecule has 1 aromatic carbocycles. The van der Waals surface area contributed by atoms with Crippen LogP contribution in [0.25, 0.3) is 0 Å². The molecule has 0 fully saturated rings. The smallest absolute Gasteiger partial charge is 0.123 e. The summed E-state index contributed by atoms with van der Waals surface area (Å²) in [6.07, 6.45) is 1.12. The lowest BCUT2D eigenvalue weighted by atomic mass is 10.1. The van der Waals surface area contributed by atoms with E-state index in [1.165, 1.54) is 12.1 Å². The van der Waals surface area contributed by atoms with Gasteiger partial charge in [-0.3, -0.25) is 0 Å². The number of rotatable bonds is 6. The van der Waals surface area contributed by atoms with Crippen LogP contribution in [0.4, 0.5) is 4.39 Å². The first-order chi connectivity index (χ1) is 8.37. The van der Waals surface area contributed by atoms with Crippen LogP contribution < -0.4 is 5.32 Å². The Labute approximate surface area is 110 Å². The van der Waals surface area contributed by atoms with Gasteiger partial charge in [0.05, 0.1) is 0 Å². The van der Waals surface area contributed by atoms with Crippen LogP contribution >= 0.6 is 0 Å². The Hall–Kier alpha value is -0.930. The SMILES string of the molecule is CN(CCCNC(C)(C)C)Cc1ccc(F)cc1. The molecule has 0 atom stereocenters. The zero-order valence-electron chi connectivity index (χ0n) is 12.0. The molecule has 0 aliphatic carbocycles. The summed E-state index contributed by atoms with van der Waals surface area (Å²) in [6, 6.07) is 6.73. The van der Waals surface area contributed by atoms with Crippen LogP contribution in [0.3, 0.4) is 0 Å². The van der Waals surface area contributed by atoms with Gasteiger partial charge in [-0.1, -0.05) is 12.1 Å². The van der Waals surface area contributed by atoms with E-state index in [0.717, 1.165) is 31.6 Å². The van der Waals surface area contributed by atoms with Crippen molar-refractivity contribution < 1.29 is 4.39 Å². The number of hydrogen-bond donors (Lipinski definition) is 1. The Balaban J connectivity index is 2.21. The summed E-state index contributed by atoms with van der Waals surface area (Å²) < 4.78 is 12.8. The number of nitrogens with one attached hydrogen (secondary N) is 1. The van der Waals surface area contributed by atoms with Gasteiger partial charge in [0.2, 0.25) is 0 Å². The van der Waals surface area contributed by atoms with Crippen LogP contribution in [0, 0.1) is 5.82 Å². The molecular formula is C15H25FN2. The lowest BCUT2D eigenvalue weighted by molar-refractivity contribution is 0.310. The predicted octanol–water partition coefficient (Wildman–Crippen LogP) is 3.04. The van der Waals surface area contributed by atoms with Crippen molar-refractivity contribution in [2.24, 2.45) is 0 Å². The second kappa shape index (κ2) is 6.86. The molecule has 0 aliphatic heterocycles. The third-order valence-electron chi connectivity index (χ3n) is 2.74. The van der Waals surface area contributed by atoms with Gasteiger partial charge in [0.25, 0.3) is 0 Å². The van der Waals surface area contributed by atoms with Gasteiger partial charge in [-0.15, -0.1) is 0 Å². The second-order valence-electron chi connectivity index (χ2n) is 5.89. The Morgan fingerprint density at radius 3 is 2.33 bits per heavy atom. The van der Waals surface area contributed by atoms with Gasteiger partial charge in [0, 0.05) is 12.1 Å². The molecule has 0 saturated carbocycles. The van der Waals surface area contributed by atoms with E-state index < -0.39 is 0 Å². The van der Waals surface area contributed by atoms with E-state index in [1.807, 2.05) is 12.1 Å². The minimum absolute atomic E-state index is 0.171. The third kappa shape index (κ3) is 6.72. The molecule has 0 spiro atoms. The molecule has 0 saturated heterocycles. The van der Waals surface area contributed by atoms with Crippen molar-refractivity contribution in [2.45, 2.75) is 39.3 Å². The zero-order chi connectivity index (χ0) is 13.6. The molecule has 1 rings (SSSR count). The highest BCUT2D eigenvalue weighted by molar-refractivity contribution is 5.15. The van der Waals surface area contributed by atoms with E-state index in [9.17, 15) is 4.39 Å². The first-order valence-electron chi connectivity index (χ1n) is 6.55. The van der Waals surface area contributed by atoms with Crippen molar-refractivity contribution in [2.75, 3.05) is 20.1 Å². The highest BCUT2D eigenvalue weighted by Crippen LogP contribution is 2.06. The van der Waals surface area contributed by atoms with Gasteiger partial charge in [-0.25, -0.2) is 4.39 Å². The normalized spacial score (nSPS) is 12.1. The Bertz CT molecular complexity index is 341. The molecule has 1 aromatic rings. The average molecular weight is 252 g/mol. The second-order valence-corrected chi connectivity index (χ2v) is 5.89. The van der Waals surface area contributed by atoms with Gasteiger partial charge >= 0.3 is 0 Å². The van der Waals surface area contributed by atoms with Gasteiger partial charge in [0.1, 0.15) is 5.82 Å². The van der Waals surface area contributed by atoms with Crippen LogP contribution in [0.5, 0.6) is 0 Å². The van der Waals surface area contributed by atoms with Crippen LogP contribution in [-0.4, -0.2) is 30.6 Å². The number of nitrogens with zero attached hydrogens (tertiary/aromatic N) is 1. The van der Waals surface area contributed by atoms with Crippen LogP contribution in [-0.2, 0) is 6.54 Å². The summed E-state index contributed by atoms with van der Waals surface area (Å²) in [6.45, 7) is 9.47. The van der Waals surface area contributed by atoms with Crippen molar-refractivity contribution in [3.63, 3.8) is 0 Å². The lowest BCUT2D eigenvalue weighted by Gasteiger charge is -2.22. The van der Waals surface area contributed by atoms with Crippen molar-refractivity contribution in [1.82, 2.24) is 10.2 Å². The van der Waals surface area contributed by atoms with Crippen molar-refractivity contribution in [3.8, 4) is 0 Å². The summed E-state index contributed by atoms with van der Waals surface area (Å²) in [4.78, 5) is 2.26. The fourth-order valence-corrected chi connectivity index (χ4v) is 1.79. The fraction of sp³-hybridized carbons (Fsp3) is 0.600. The molecule has 0 amide bonds. The van der Waals surface area contributed by atoms with Crippen LogP contribution in [0.2, 0.25) is 0 Å². The molecule has 18 heavy (non-hydrogen) atoms. The Kier molecular flexibility index (Phi) is 5.76. The average Bonchev–Trinajstić information content (AvgIpc) is 2.26. The summed E-state index contributed by atoms with van der Waals surface area (Å²) in [5.74, 6) is -0.171. The summed E-state index contributed by atoms with van der Waals surface area (Å²) in [7, 11) is 2.10. The van der Waals surface area contributed by atoms with E-state index in [-0.39, 0.29) is 11.4 Å². The standard InChI is InChI=1S/C15H25FN2/c1-15(2,3)17-10-5-11-18(4)12-13-6-8-14(16)9-7-13/h6-9,17H,5,10-12H2,1-4H3. The minimum Gasteiger partial charge on any atom is -0.312 e. The van der Waals surface area contributed by atoms with Gasteiger partial charge in [0.15, 0.2) is 0 Å². The topological polar surface area (TPSA) is 15.3 Å².